The van der Waals surface area contributed by atoms with Gasteiger partial charge >= 0.3 is 0 Å². The molecule has 0 unspecified atom stereocenters. The van der Waals surface area contributed by atoms with Gasteiger partial charge in [0.15, 0.2) is 0 Å². The number of benzene rings is 1. The monoisotopic (exact) mass is 475 g/mol. The van der Waals surface area contributed by atoms with Gasteiger partial charge < -0.3 is 5.32 Å². The summed E-state index contributed by atoms with van der Waals surface area (Å²) in [5.41, 5.74) is 1.65. The maximum absolute atomic E-state index is 12.8. The first kappa shape index (κ1) is 21.5. The lowest BCUT2D eigenvalue weighted by atomic mass is 10.2. The molecular weight excluding hydrogens is 457 g/mol. The van der Waals surface area contributed by atoms with Crippen LogP contribution in [0, 0.1) is 13.8 Å². The minimum atomic E-state index is -0.228. The Balaban J connectivity index is 1.44. The summed E-state index contributed by atoms with van der Waals surface area (Å²) in [6, 6.07) is 6.95. The summed E-state index contributed by atoms with van der Waals surface area (Å²) in [5, 5.41) is 8.81. The Morgan fingerprint density at radius 1 is 1.23 bits per heavy atom. The number of anilines is 1. The Morgan fingerprint density at radius 3 is 2.81 bits per heavy atom. The number of carbonyl (C=O) groups excluding carboxylic acids is 1. The minimum Gasteiger partial charge on any atom is -0.311 e. The predicted octanol–water partition coefficient (Wildman–Crippen LogP) is 4.66. The summed E-state index contributed by atoms with van der Waals surface area (Å²) in [5.74, 6) is 0.315. The van der Waals surface area contributed by atoms with E-state index in [9.17, 15) is 9.59 Å². The molecule has 3 aromatic heterocycles. The molecule has 1 N–H and O–H groups in total. The molecule has 7 nitrogen and oxygen atoms in total. The molecule has 31 heavy (non-hydrogen) atoms. The standard InChI is InChI=1S/C21H19Cl2N5O2S/c1-12-13(2)31-20-19(12)21(30)27(11-24-20)8-6-18(29)26-17-5-7-25-28(17)10-14-3-4-15(22)9-16(14)23/h3-5,7,9,11H,6,8,10H2,1-2H3,(H,26,29). The van der Waals surface area contributed by atoms with Crippen LogP contribution in [0.1, 0.15) is 22.4 Å². The average molecular weight is 476 g/mol. The van der Waals surface area contributed by atoms with E-state index >= 15 is 0 Å². The van der Waals surface area contributed by atoms with Gasteiger partial charge in [0, 0.05) is 34.0 Å². The number of nitrogens with one attached hydrogen (secondary N) is 1. The Labute approximate surface area is 192 Å². The zero-order chi connectivity index (χ0) is 22.1. The molecule has 0 atom stereocenters. The van der Waals surface area contributed by atoms with Crippen LogP contribution in [0.25, 0.3) is 10.2 Å². The molecule has 0 aliphatic heterocycles. The second-order valence-corrected chi connectivity index (χ2v) is 9.16. The largest absolute Gasteiger partial charge is 0.311 e. The Hall–Kier alpha value is -2.68. The van der Waals surface area contributed by atoms with Gasteiger partial charge in [-0.15, -0.1) is 11.3 Å². The molecule has 1 aromatic carbocycles. The van der Waals surface area contributed by atoms with Crippen molar-refractivity contribution < 1.29 is 4.79 Å². The van der Waals surface area contributed by atoms with Crippen LogP contribution < -0.4 is 10.9 Å². The van der Waals surface area contributed by atoms with Gasteiger partial charge in [0.25, 0.3) is 5.56 Å². The van der Waals surface area contributed by atoms with Crippen LogP contribution in [-0.4, -0.2) is 25.2 Å². The fourth-order valence-corrected chi connectivity index (χ4v) is 4.69. The number of fused-ring (bicyclic) bond motifs is 1. The quantitative estimate of drug-likeness (QED) is 0.439. The highest BCUT2D eigenvalue weighted by Gasteiger charge is 2.14. The topological polar surface area (TPSA) is 81.8 Å². The second-order valence-electron chi connectivity index (χ2n) is 7.11. The maximum atomic E-state index is 12.8. The normalized spacial score (nSPS) is 11.2. The number of hydrogen-bond acceptors (Lipinski definition) is 5. The fourth-order valence-electron chi connectivity index (χ4n) is 3.23. The molecule has 0 saturated heterocycles. The third-order valence-corrected chi connectivity index (χ3v) is 6.76. The number of rotatable bonds is 6. The lowest BCUT2D eigenvalue weighted by Gasteiger charge is -2.11. The molecule has 0 aliphatic carbocycles. The number of thiophene rings is 1. The molecule has 1 amide bonds. The maximum Gasteiger partial charge on any atom is 0.262 e. The van der Waals surface area contributed by atoms with E-state index in [1.807, 2.05) is 19.9 Å². The number of aryl methyl sites for hydroxylation is 3. The van der Waals surface area contributed by atoms with Crippen molar-refractivity contribution in [2.24, 2.45) is 0 Å². The molecule has 0 radical (unpaired) electrons. The van der Waals surface area contributed by atoms with E-state index in [2.05, 4.69) is 15.4 Å². The average Bonchev–Trinajstić information content (AvgIpc) is 3.27. The summed E-state index contributed by atoms with van der Waals surface area (Å²) in [6.07, 6.45) is 3.23. The first-order valence-corrected chi connectivity index (χ1v) is 11.1. The molecule has 0 fully saturated rings. The van der Waals surface area contributed by atoms with Crippen molar-refractivity contribution in [2.45, 2.75) is 33.4 Å². The van der Waals surface area contributed by atoms with Crippen LogP contribution in [0.4, 0.5) is 5.82 Å². The highest BCUT2D eigenvalue weighted by atomic mass is 35.5. The van der Waals surface area contributed by atoms with E-state index in [0.29, 0.717) is 27.8 Å². The number of hydrogen-bond donors (Lipinski definition) is 1. The SMILES string of the molecule is Cc1sc2ncn(CCC(=O)Nc3ccnn3Cc3ccc(Cl)cc3Cl)c(=O)c2c1C. The zero-order valence-electron chi connectivity index (χ0n) is 16.9. The van der Waals surface area contributed by atoms with Crippen molar-refractivity contribution in [3.8, 4) is 0 Å². The van der Waals surface area contributed by atoms with Crippen molar-refractivity contribution in [3.63, 3.8) is 0 Å². The van der Waals surface area contributed by atoms with Crippen molar-refractivity contribution in [1.82, 2.24) is 19.3 Å². The Morgan fingerprint density at radius 2 is 2.03 bits per heavy atom. The molecule has 160 valence electrons. The van der Waals surface area contributed by atoms with E-state index in [-0.39, 0.29) is 24.4 Å². The third-order valence-electron chi connectivity index (χ3n) is 5.05. The summed E-state index contributed by atoms with van der Waals surface area (Å²) < 4.78 is 3.12. The van der Waals surface area contributed by atoms with Crippen LogP contribution in [0.3, 0.4) is 0 Å². The summed E-state index contributed by atoms with van der Waals surface area (Å²) >= 11 is 13.7. The van der Waals surface area contributed by atoms with Crippen LogP contribution in [0.15, 0.2) is 41.6 Å². The van der Waals surface area contributed by atoms with Gasteiger partial charge in [-0.2, -0.15) is 5.10 Å². The van der Waals surface area contributed by atoms with Gasteiger partial charge in [-0.1, -0.05) is 29.3 Å². The first-order valence-electron chi connectivity index (χ1n) is 9.54. The number of carbonyl (C=O) groups is 1. The third kappa shape index (κ3) is 4.51. The number of nitrogens with zero attached hydrogens (tertiary/aromatic N) is 4. The minimum absolute atomic E-state index is 0.123. The lowest BCUT2D eigenvalue weighted by molar-refractivity contribution is -0.116. The molecule has 0 spiro atoms. The molecule has 10 heteroatoms. The van der Waals surface area contributed by atoms with Crippen molar-refractivity contribution in [2.75, 3.05) is 5.32 Å². The summed E-state index contributed by atoms with van der Waals surface area (Å²) in [7, 11) is 0. The van der Waals surface area contributed by atoms with Crippen LogP contribution in [-0.2, 0) is 17.9 Å². The molecule has 0 saturated carbocycles. The highest BCUT2D eigenvalue weighted by molar-refractivity contribution is 7.18. The van der Waals surface area contributed by atoms with Crippen LogP contribution in [0.2, 0.25) is 10.0 Å². The number of aromatic nitrogens is 4. The molecule has 4 rings (SSSR count). The second kappa shape index (κ2) is 8.82. The van der Waals surface area contributed by atoms with Gasteiger partial charge in [-0.05, 0) is 37.1 Å². The Bertz CT molecular complexity index is 1340. The van der Waals surface area contributed by atoms with Crippen molar-refractivity contribution >= 4 is 56.5 Å². The number of amides is 1. The van der Waals surface area contributed by atoms with Crippen molar-refractivity contribution in [1.29, 1.82) is 0 Å². The predicted molar refractivity (Wildman–Crippen MR) is 124 cm³/mol. The molecule has 0 bridgehead atoms. The van der Waals surface area contributed by atoms with Gasteiger partial charge in [0.2, 0.25) is 5.91 Å². The number of halogens is 2. The van der Waals surface area contributed by atoms with Crippen LogP contribution >= 0.6 is 34.5 Å². The summed E-state index contributed by atoms with van der Waals surface area (Å²) in [6.45, 7) is 4.51. The highest BCUT2D eigenvalue weighted by Crippen LogP contribution is 2.25. The van der Waals surface area contributed by atoms with E-state index in [1.54, 1.807) is 29.1 Å². The van der Waals surface area contributed by atoms with E-state index in [4.69, 9.17) is 23.2 Å². The first-order chi connectivity index (χ1) is 14.8. The van der Waals surface area contributed by atoms with E-state index < -0.39 is 0 Å². The molecular formula is C21H19Cl2N5O2S. The van der Waals surface area contributed by atoms with E-state index in [0.717, 1.165) is 20.8 Å². The molecule has 0 aliphatic rings. The molecule has 3 heterocycles. The Kier molecular flexibility index (Phi) is 6.13. The van der Waals surface area contributed by atoms with Crippen LogP contribution in [0.5, 0.6) is 0 Å². The smallest absolute Gasteiger partial charge is 0.262 e. The van der Waals surface area contributed by atoms with Crippen molar-refractivity contribution in [3.05, 3.63) is 73.2 Å². The summed E-state index contributed by atoms with van der Waals surface area (Å²) in [4.78, 5) is 31.5. The lowest BCUT2D eigenvalue weighted by Crippen LogP contribution is -2.24. The van der Waals surface area contributed by atoms with E-state index in [1.165, 1.54) is 22.2 Å². The zero-order valence-corrected chi connectivity index (χ0v) is 19.2. The van der Waals surface area contributed by atoms with Gasteiger partial charge in [-0.25, -0.2) is 9.67 Å². The molecule has 4 aromatic rings. The van der Waals surface area contributed by atoms with Gasteiger partial charge in [0.1, 0.15) is 10.6 Å². The van der Waals surface area contributed by atoms with Gasteiger partial charge in [-0.3, -0.25) is 14.2 Å². The van der Waals surface area contributed by atoms with Gasteiger partial charge in [0.05, 0.1) is 24.5 Å². The fraction of sp³-hybridized carbons (Fsp3) is 0.238.